The lowest BCUT2D eigenvalue weighted by molar-refractivity contribution is -0.116. The smallest absolute Gasteiger partial charge is 0.244 e. The Bertz CT molecular complexity index is 1400. The summed E-state index contributed by atoms with van der Waals surface area (Å²) in [7, 11) is 1.47. The number of aromatic nitrogens is 1. The maximum Gasteiger partial charge on any atom is 0.244 e. The molecule has 0 atom stereocenters. The maximum atomic E-state index is 13.1. The first kappa shape index (κ1) is 23.6. The molecular weight excluding hydrogens is 452 g/mol. The molecule has 1 saturated heterocycles. The van der Waals surface area contributed by atoms with Gasteiger partial charge < -0.3 is 19.5 Å². The molecule has 0 aliphatic carbocycles. The zero-order valence-electron chi connectivity index (χ0n) is 20.4. The van der Waals surface area contributed by atoms with Crippen molar-refractivity contribution in [2.45, 2.75) is 13.1 Å². The second-order valence-corrected chi connectivity index (χ2v) is 9.00. The van der Waals surface area contributed by atoms with Gasteiger partial charge in [0.05, 0.1) is 13.3 Å². The van der Waals surface area contributed by atoms with Gasteiger partial charge >= 0.3 is 0 Å². The Morgan fingerprint density at radius 3 is 2.42 bits per heavy atom. The standard InChI is InChI=1S/C29H30N4O3/c1-36-28-20-33(21-29(35)30-26-13-7-9-22-8-5-6-12-25(22)26)24(18-27(28)34)19-31-14-16-32(17-15-31)23-10-3-2-4-11-23/h2-13,18,20H,14-17,19,21H2,1H3,(H,30,35). The summed E-state index contributed by atoms with van der Waals surface area (Å²) in [5.74, 6) is 0.0674. The number of fused-ring (bicyclic) bond motifs is 1. The Labute approximate surface area is 210 Å². The van der Waals surface area contributed by atoms with Crippen molar-refractivity contribution in [2.75, 3.05) is 43.5 Å². The molecule has 0 saturated carbocycles. The van der Waals surface area contributed by atoms with Crippen LogP contribution in [-0.4, -0.2) is 48.7 Å². The molecule has 0 spiro atoms. The second kappa shape index (κ2) is 10.7. The van der Waals surface area contributed by atoms with Crippen molar-refractivity contribution in [1.29, 1.82) is 0 Å². The monoisotopic (exact) mass is 482 g/mol. The maximum absolute atomic E-state index is 13.1. The van der Waals surface area contributed by atoms with Crippen LogP contribution in [0, 0.1) is 0 Å². The van der Waals surface area contributed by atoms with Crippen LogP contribution in [0.25, 0.3) is 10.8 Å². The third-order valence-corrected chi connectivity index (χ3v) is 6.66. The van der Waals surface area contributed by atoms with Crippen molar-refractivity contribution in [3.8, 4) is 5.75 Å². The van der Waals surface area contributed by atoms with Crippen LogP contribution in [0.3, 0.4) is 0 Å². The Balaban J connectivity index is 1.31. The SMILES string of the molecule is COc1cn(CC(=O)Nc2cccc3ccccc23)c(CN2CCN(c3ccccc3)CC2)cc1=O. The Morgan fingerprint density at radius 2 is 1.64 bits per heavy atom. The molecule has 184 valence electrons. The summed E-state index contributed by atoms with van der Waals surface area (Å²) in [6.07, 6.45) is 1.64. The van der Waals surface area contributed by atoms with Crippen molar-refractivity contribution in [2.24, 2.45) is 0 Å². The van der Waals surface area contributed by atoms with Crippen LogP contribution in [0.4, 0.5) is 11.4 Å². The summed E-state index contributed by atoms with van der Waals surface area (Å²) in [4.78, 5) is 30.3. The van der Waals surface area contributed by atoms with E-state index in [1.165, 1.54) is 12.8 Å². The molecule has 1 aliphatic rings. The number of carbonyl (C=O) groups excluding carboxylic acids is 1. The second-order valence-electron chi connectivity index (χ2n) is 9.00. The van der Waals surface area contributed by atoms with Gasteiger partial charge in [-0.25, -0.2) is 0 Å². The van der Waals surface area contributed by atoms with E-state index in [0.29, 0.717) is 6.54 Å². The van der Waals surface area contributed by atoms with Crippen LogP contribution in [0.5, 0.6) is 5.75 Å². The molecule has 3 aromatic carbocycles. The summed E-state index contributed by atoms with van der Waals surface area (Å²) in [6.45, 7) is 4.23. The predicted octanol–water partition coefficient (Wildman–Crippen LogP) is 3.97. The number of amides is 1. The Hall–Kier alpha value is -4.10. The summed E-state index contributed by atoms with van der Waals surface area (Å²) in [5.41, 5.74) is 2.61. The highest BCUT2D eigenvalue weighted by Crippen LogP contribution is 2.23. The summed E-state index contributed by atoms with van der Waals surface area (Å²) in [6, 6.07) is 25.8. The minimum Gasteiger partial charge on any atom is -0.491 e. The normalized spacial score (nSPS) is 14.1. The molecule has 2 heterocycles. The summed E-state index contributed by atoms with van der Waals surface area (Å²) in [5, 5.41) is 5.10. The number of pyridine rings is 1. The van der Waals surface area contributed by atoms with Crippen LogP contribution in [-0.2, 0) is 17.9 Å². The number of hydrogen-bond donors (Lipinski definition) is 1. The minimum absolute atomic E-state index is 0.0825. The van der Waals surface area contributed by atoms with Gasteiger partial charge in [-0.15, -0.1) is 0 Å². The van der Waals surface area contributed by atoms with Gasteiger partial charge in [0, 0.05) is 61.2 Å². The third-order valence-electron chi connectivity index (χ3n) is 6.66. The Morgan fingerprint density at radius 1 is 0.917 bits per heavy atom. The number of carbonyl (C=O) groups is 1. The molecule has 1 fully saturated rings. The van der Waals surface area contributed by atoms with Gasteiger partial charge in [0.15, 0.2) is 5.75 Å². The van der Waals surface area contributed by atoms with E-state index >= 15 is 0 Å². The van der Waals surface area contributed by atoms with Crippen molar-refractivity contribution in [3.63, 3.8) is 0 Å². The van der Waals surface area contributed by atoms with Crippen molar-refractivity contribution >= 4 is 28.1 Å². The number of methoxy groups -OCH3 is 1. The highest BCUT2D eigenvalue weighted by Gasteiger charge is 2.20. The lowest BCUT2D eigenvalue weighted by Crippen LogP contribution is -2.46. The van der Waals surface area contributed by atoms with E-state index < -0.39 is 0 Å². The fourth-order valence-electron chi connectivity index (χ4n) is 4.74. The first-order chi connectivity index (χ1) is 17.6. The van der Waals surface area contributed by atoms with E-state index in [1.807, 2.05) is 53.1 Å². The van der Waals surface area contributed by atoms with Crippen LogP contribution in [0.15, 0.2) is 89.9 Å². The molecule has 5 rings (SSSR count). The molecule has 7 heteroatoms. The first-order valence-corrected chi connectivity index (χ1v) is 12.2. The number of anilines is 2. The lowest BCUT2D eigenvalue weighted by atomic mass is 10.1. The van der Waals surface area contributed by atoms with Crippen LogP contribution >= 0.6 is 0 Å². The number of para-hydroxylation sites is 1. The third kappa shape index (κ3) is 5.26. The quantitative estimate of drug-likeness (QED) is 0.432. The average Bonchev–Trinajstić information content (AvgIpc) is 2.91. The first-order valence-electron chi connectivity index (χ1n) is 12.2. The molecule has 0 radical (unpaired) electrons. The zero-order valence-corrected chi connectivity index (χ0v) is 20.4. The molecular formula is C29H30N4O3. The summed E-state index contributed by atoms with van der Waals surface area (Å²) < 4.78 is 7.09. The molecule has 0 unspecified atom stereocenters. The number of rotatable bonds is 7. The molecule has 1 N–H and O–H groups in total. The van der Waals surface area contributed by atoms with E-state index in [2.05, 4.69) is 39.4 Å². The lowest BCUT2D eigenvalue weighted by Gasteiger charge is -2.36. The molecule has 0 bridgehead atoms. The molecule has 1 aliphatic heterocycles. The average molecular weight is 483 g/mol. The number of ether oxygens (including phenoxy) is 1. The van der Waals surface area contributed by atoms with E-state index in [1.54, 1.807) is 12.3 Å². The molecule has 7 nitrogen and oxygen atoms in total. The number of nitrogens with one attached hydrogen (secondary N) is 1. The van der Waals surface area contributed by atoms with Crippen LogP contribution in [0.1, 0.15) is 5.69 Å². The van der Waals surface area contributed by atoms with Crippen molar-refractivity contribution in [3.05, 3.63) is 101 Å². The largest absolute Gasteiger partial charge is 0.491 e. The highest BCUT2D eigenvalue weighted by molar-refractivity contribution is 6.02. The summed E-state index contributed by atoms with van der Waals surface area (Å²) >= 11 is 0. The molecule has 1 aromatic heterocycles. The van der Waals surface area contributed by atoms with Gasteiger partial charge in [0.1, 0.15) is 6.54 Å². The van der Waals surface area contributed by atoms with Gasteiger partial charge in [-0.3, -0.25) is 14.5 Å². The molecule has 4 aromatic rings. The van der Waals surface area contributed by atoms with Crippen LogP contribution in [0.2, 0.25) is 0 Å². The van der Waals surface area contributed by atoms with Crippen molar-refractivity contribution < 1.29 is 9.53 Å². The van der Waals surface area contributed by atoms with Gasteiger partial charge in [-0.1, -0.05) is 54.6 Å². The topological polar surface area (TPSA) is 66.8 Å². The van der Waals surface area contributed by atoms with Gasteiger partial charge in [-0.05, 0) is 23.6 Å². The highest BCUT2D eigenvalue weighted by atomic mass is 16.5. The number of hydrogen-bond acceptors (Lipinski definition) is 5. The van der Waals surface area contributed by atoms with E-state index in [-0.39, 0.29) is 23.6 Å². The van der Waals surface area contributed by atoms with Gasteiger partial charge in [-0.2, -0.15) is 0 Å². The molecule has 1 amide bonds. The fraction of sp³-hybridized carbons (Fsp3) is 0.241. The van der Waals surface area contributed by atoms with E-state index in [9.17, 15) is 9.59 Å². The number of piperazine rings is 1. The van der Waals surface area contributed by atoms with Gasteiger partial charge in [0.25, 0.3) is 0 Å². The van der Waals surface area contributed by atoms with E-state index in [0.717, 1.165) is 48.3 Å². The van der Waals surface area contributed by atoms with Gasteiger partial charge in [0.2, 0.25) is 11.3 Å². The number of benzene rings is 3. The predicted molar refractivity (Wildman–Crippen MR) is 144 cm³/mol. The fourth-order valence-corrected chi connectivity index (χ4v) is 4.74. The minimum atomic E-state index is -0.180. The van der Waals surface area contributed by atoms with Crippen molar-refractivity contribution in [1.82, 2.24) is 9.47 Å². The molecule has 36 heavy (non-hydrogen) atoms. The Kier molecular flexibility index (Phi) is 7.00. The number of nitrogens with zero attached hydrogens (tertiary/aromatic N) is 3. The zero-order chi connectivity index (χ0) is 24.9. The van der Waals surface area contributed by atoms with E-state index in [4.69, 9.17) is 4.74 Å². The van der Waals surface area contributed by atoms with Crippen LogP contribution < -0.4 is 20.4 Å².